The van der Waals surface area contributed by atoms with Crippen molar-refractivity contribution in [3.8, 4) is 0 Å². The summed E-state index contributed by atoms with van der Waals surface area (Å²) in [6, 6.07) is 0.626. The zero-order valence-corrected chi connectivity index (χ0v) is 10.7. The number of hydrogen-bond acceptors (Lipinski definition) is 3. The van der Waals surface area contributed by atoms with Crippen LogP contribution in [-0.2, 0) is 13.0 Å². The number of aromatic nitrogens is 2. The quantitative estimate of drug-likeness (QED) is 0.834. The maximum Gasteiger partial charge on any atom is 0.0557 e. The number of likely N-dealkylation sites (tertiary alicyclic amines) is 1. The smallest absolute Gasteiger partial charge is 0.0557 e. The van der Waals surface area contributed by atoms with E-state index in [-0.39, 0.29) is 0 Å². The zero-order chi connectivity index (χ0) is 11.7. The van der Waals surface area contributed by atoms with Crippen LogP contribution in [-0.4, -0.2) is 40.9 Å². The lowest BCUT2D eigenvalue weighted by molar-refractivity contribution is 0.185. The lowest BCUT2D eigenvalue weighted by Crippen LogP contribution is -2.36. The third-order valence-corrected chi connectivity index (χ3v) is 4.20. The molecule has 1 N–H and O–H groups in total. The van der Waals surface area contributed by atoms with Crippen LogP contribution < -0.4 is 5.32 Å². The van der Waals surface area contributed by atoms with Crippen LogP contribution in [0.15, 0.2) is 6.20 Å². The Labute approximate surface area is 103 Å². The predicted octanol–water partition coefficient (Wildman–Crippen LogP) is 1.19. The molecule has 17 heavy (non-hydrogen) atoms. The summed E-state index contributed by atoms with van der Waals surface area (Å²) in [4.78, 5) is 2.53. The van der Waals surface area contributed by atoms with Gasteiger partial charge < -0.3 is 10.2 Å². The minimum absolute atomic E-state index is 0.626. The molecule has 1 aromatic rings. The molecule has 0 saturated carbocycles. The average Bonchev–Trinajstić information content (AvgIpc) is 2.83. The molecule has 0 bridgehead atoms. The molecule has 3 heterocycles. The predicted molar refractivity (Wildman–Crippen MR) is 68.0 cm³/mol. The van der Waals surface area contributed by atoms with E-state index in [9.17, 15) is 0 Å². The van der Waals surface area contributed by atoms with Gasteiger partial charge in [-0.15, -0.1) is 0 Å². The van der Waals surface area contributed by atoms with E-state index in [4.69, 9.17) is 0 Å². The van der Waals surface area contributed by atoms with Gasteiger partial charge in [0.2, 0.25) is 0 Å². The molecule has 0 unspecified atom stereocenters. The Kier molecular flexibility index (Phi) is 3.16. The molecule has 0 atom stereocenters. The monoisotopic (exact) mass is 234 g/mol. The van der Waals surface area contributed by atoms with Crippen molar-refractivity contribution in [2.24, 2.45) is 0 Å². The topological polar surface area (TPSA) is 33.1 Å². The largest absolute Gasteiger partial charge is 0.311 e. The maximum absolute atomic E-state index is 4.63. The van der Waals surface area contributed by atoms with Gasteiger partial charge >= 0.3 is 0 Å². The Morgan fingerprint density at radius 1 is 1.41 bits per heavy atom. The van der Waals surface area contributed by atoms with Gasteiger partial charge in [-0.2, -0.15) is 5.10 Å². The van der Waals surface area contributed by atoms with Gasteiger partial charge in [-0.3, -0.25) is 4.68 Å². The van der Waals surface area contributed by atoms with Crippen LogP contribution in [0.1, 0.15) is 37.1 Å². The van der Waals surface area contributed by atoms with E-state index >= 15 is 0 Å². The molecule has 4 nitrogen and oxygen atoms in total. The first-order valence-corrected chi connectivity index (χ1v) is 6.87. The highest BCUT2D eigenvalue weighted by atomic mass is 15.3. The summed E-state index contributed by atoms with van der Waals surface area (Å²) in [6.45, 7) is 7.99. The molecule has 3 rings (SSSR count). The molecule has 0 spiro atoms. The van der Waals surface area contributed by atoms with E-state index < -0.39 is 0 Å². The van der Waals surface area contributed by atoms with E-state index in [0.717, 1.165) is 19.5 Å². The molecular formula is C13H22N4. The first kappa shape index (κ1) is 11.2. The van der Waals surface area contributed by atoms with Crippen LogP contribution in [0.2, 0.25) is 0 Å². The molecule has 0 amide bonds. The lowest BCUT2D eigenvalue weighted by atomic mass is 10.0. The van der Waals surface area contributed by atoms with E-state index in [1.54, 1.807) is 0 Å². The van der Waals surface area contributed by atoms with Gasteiger partial charge in [0.1, 0.15) is 0 Å². The summed E-state index contributed by atoms with van der Waals surface area (Å²) in [6.07, 6.45) is 5.73. The van der Waals surface area contributed by atoms with Crippen LogP contribution in [0, 0.1) is 0 Å². The van der Waals surface area contributed by atoms with Crippen molar-refractivity contribution in [1.29, 1.82) is 0 Å². The van der Waals surface area contributed by atoms with Gasteiger partial charge in [-0.05, 0) is 37.9 Å². The summed E-state index contributed by atoms with van der Waals surface area (Å²) in [7, 11) is 0. The van der Waals surface area contributed by atoms with E-state index in [1.165, 1.54) is 43.7 Å². The molecule has 0 radical (unpaired) electrons. The highest BCUT2D eigenvalue weighted by Gasteiger charge is 2.24. The Morgan fingerprint density at radius 2 is 2.24 bits per heavy atom. The maximum atomic E-state index is 4.63. The van der Waals surface area contributed by atoms with Gasteiger partial charge in [0.25, 0.3) is 0 Å². The lowest BCUT2D eigenvalue weighted by Gasteiger charge is -2.32. The van der Waals surface area contributed by atoms with Crippen molar-refractivity contribution >= 4 is 0 Å². The second-order valence-corrected chi connectivity index (χ2v) is 5.15. The zero-order valence-electron chi connectivity index (χ0n) is 10.7. The molecular weight excluding hydrogens is 212 g/mol. The van der Waals surface area contributed by atoms with Crippen LogP contribution in [0.25, 0.3) is 0 Å². The highest BCUT2D eigenvalue weighted by molar-refractivity contribution is 5.21. The molecule has 2 aliphatic rings. The first-order chi connectivity index (χ1) is 8.38. The third-order valence-electron chi connectivity index (χ3n) is 4.20. The van der Waals surface area contributed by atoms with Crippen molar-refractivity contribution in [2.45, 2.75) is 38.8 Å². The third kappa shape index (κ3) is 2.11. The highest BCUT2D eigenvalue weighted by Crippen LogP contribution is 2.25. The molecule has 1 aromatic heterocycles. The van der Waals surface area contributed by atoms with E-state index in [0.29, 0.717) is 6.04 Å². The Bertz CT molecular complexity index is 377. The molecule has 1 fully saturated rings. The number of hydrogen-bond donors (Lipinski definition) is 1. The molecule has 94 valence electrons. The Balaban J connectivity index is 1.74. The molecule has 4 heteroatoms. The fraction of sp³-hybridized carbons (Fsp3) is 0.769. The van der Waals surface area contributed by atoms with Crippen molar-refractivity contribution in [3.63, 3.8) is 0 Å². The number of nitrogens with one attached hydrogen (secondary N) is 1. The molecule has 1 saturated heterocycles. The normalized spacial score (nSPS) is 22.6. The Morgan fingerprint density at radius 3 is 3.00 bits per heavy atom. The summed E-state index contributed by atoms with van der Waals surface area (Å²) in [5.41, 5.74) is 2.90. The summed E-state index contributed by atoms with van der Waals surface area (Å²) >= 11 is 0. The second-order valence-electron chi connectivity index (χ2n) is 5.15. The number of fused-ring (bicyclic) bond motifs is 1. The van der Waals surface area contributed by atoms with Crippen molar-refractivity contribution in [1.82, 2.24) is 20.0 Å². The van der Waals surface area contributed by atoms with Gasteiger partial charge in [-0.25, -0.2) is 0 Å². The number of nitrogens with zero attached hydrogens (tertiary/aromatic N) is 3. The summed E-state index contributed by atoms with van der Waals surface area (Å²) in [5.74, 6) is 0. The minimum Gasteiger partial charge on any atom is -0.311 e. The summed E-state index contributed by atoms with van der Waals surface area (Å²) in [5, 5.41) is 8.09. The first-order valence-electron chi connectivity index (χ1n) is 6.87. The average molecular weight is 234 g/mol. The summed E-state index contributed by atoms with van der Waals surface area (Å²) < 4.78 is 2.30. The van der Waals surface area contributed by atoms with Gasteiger partial charge in [0, 0.05) is 19.6 Å². The van der Waals surface area contributed by atoms with Crippen LogP contribution in [0.5, 0.6) is 0 Å². The van der Waals surface area contributed by atoms with E-state index in [2.05, 4.69) is 33.1 Å². The van der Waals surface area contributed by atoms with Gasteiger partial charge in [0.05, 0.1) is 17.9 Å². The SMILES string of the molecule is CCN1CCC(n2ncc3c2CNCC3)CC1. The van der Waals surface area contributed by atoms with Crippen LogP contribution >= 0.6 is 0 Å². The number of piperidine rings is 1. The van der Waals surface area contributed by atoms with Crippen LogP contribution in [0.3, 0.4) is 0 Å². The fourth-order valence-corrected chi connectivity index (χ4v) is 3.05. The van der Waals surface area contributed by atoms with E-state index in [1.807, 2.05) is 0 Å². The van der Waals surface area contributed by atoms with Gasteiger partial charge in [0.15, 0.2) is 0 Å². The van der Waals surface area contributed by atoms with Crippen molar-refractivity contribution < 1.29 is 0 Å². The molecule has 0 aromatic carbocycles. The minimum atomic E-state index is 0.626. The van der Waals surface area contributed by atoms with Gasteiger partial charge in [-0.1, -0.05) is 6.92 Å². The second kappa shape index (κ2) is 4.78. The van der Waals surface area contributed by atoms with Crippen LogP contribution in [0.4, 0.5) is 0 Å². The fourth-order valence-electron chi connectivity index (χ4n) is 3.05. The number of rotatable bonds is 2. The van der Waals surface area contributed by atoms with Crippen molar-refractivity contribution in [3.05, 3.63) is 17.5 Å². The molecule has 0 aliphatic carbocycles. The Hall–Kier alpha value is -0.870. The van der Waals surface area contributed by atoms with Crippen molar-refractivity contribution in [2.75, 3.05) is 26.2 Å². The molecule has 2 aliphatic heterocycles. The standard InChI is InChI=1S/C13H22N4/c1-2-16-7-4-12(5-8-16)17-13-10-14-6-3-11(13)9-15-17/h9,12,14H,2-8,10H2,1H3.